The Hall–Kier alpha value is -0.970. The Morgan fingerprint density at radius 2 is 1.80 bits per heavy atom. The van der Waals surface area contributed by atoms with Gasteiger partial charge in [-0.25, -0.2) is 0 Å². The van der Waals surface area contributed by atoms with Crippen molar-refractivity contribution >= 4 is 34.8 Å². The Bertz CT molecular complexity index is 716. The molecule has 0 spiro atoms. The Labute approximate surface area is 162 Å². The van der Waals surface area contributed by atoms with Gasteiger partial charge in [-0.1, -0.05) is 47.8 Å². The fourth-order valence-corrected chi connectivity index (χ4v) is 3.54. The molecule has 3 rings (SSSR count). The summed E-state index contributed by atoms with van der Waals surface area (Å²) in [4.78, 5) is 0. The largest absolute Gasteiger partial charge is 0.489 e. The first kappa shape index (κ1) is 18.8. The number of hydrogen-bond donors (Lipinski definition) is 0. The molecule has 25 heavy (non-hydrogen) atoms. The van der Waals surface area contributed by atoms with Gasteiger partial charge in [-0.15, -0.1) is 0 Å². The predicted molar refractivity (Wildman–Crippen MR) is 101 cm³/mol. The average molecular weight is 402 g/mol. The van der Waals surface area contributed by atoms with Crippen molar-refractivity contribution in [3.05, 3.63) is 62.6 Å². The van der Waals surface area contributed by atoms with Crippen LogP contribution in [0.5, 0.6) is 5.75 Å². The van der Waals surface area contributed by atoms with E-state index in [2.05, 4.69) is 0 Å². The smallest absolute Gasteiger partial charge is 0.158 e. The Morgan fingerprint density at radius 3 is 2.44 bits per heavy atom. The van der Waals surface area contributed by atoms with Gasteiger partial charge in [0.05, 0.1) is 11.6 Å². The van der Waals surface area contributed by atoms with Crippen LogP contribution in [0.25, 0.3) is 0 Å². The molecule has 0 radical (unpaired) electrons. The van der Waals surface area contributed by atoms with Crippen molar-refractivity contribution in [3.8, 4) is 5.75 Å². The van der Waals surface area contributed by atoms with Crippen molar-refractivity contribution < 1.29 is 14.2 Å². The van der Waals surface area contributed by atoms with E-state index in [1.54, 1.807) is 6.07 Å². The van der Waals surface area contributed by atoms with Crippen LogP contribution >= 0.6 is 34.8 Å². The minimum absolute atomic E-state index is 0.0608. The molecule has 3 nitrogen and oxygen atoms in total. The maximum absolute atomic E-state index is 6.35. The van der Waals surface area contributed by atoms with Gasteiger partial charge in [0.2, 0.25) is 0 Å². The zero-order chi connectivity index (χ0) is 17.8. The van der Waals surface area contributed by atoms with Crippen LogP contribution in [0.3, 0.4) is 0 Å². The normalized spacial score (nSPS) is 20.0. The summed E-state index contributed by atoms with van der Waals surface area (Å²) < 4.78 is 16.9. The van der Waals surface area contributed by atoms with E-state index in [1.807, 2.05) is 37.3 Å². The monoisotopic (exact) mass is 400 g/mol. The van der Waals surface area contributed by atoms with Gasteiger partial charge in [-0.3, -0.25) is 0 Å². The Balaban J connectivity index is 1.60. The molecule has 6 heteroatoms. The summed E-state index contributed by atoms with van der Waals surface area (Å²) in [7, 11) is 0. The second kappa shape index (κ2) is 8.61. The number of benzene rings is 2. The van der Waals surface area contributed by atoms with Crippen LogP contribution in [-0.2, 0) is 15.9 Å². The third-order valence-electron chi connectivity index (χ3n) is 3.90. The van der Waals surface area contributed by atoms with Gasteiger partial charge in [-0.05, 0) is 54.3 Å². The van der Waals surface area contributed by atoms with Crippen molar-refractivity contribution in [1.82, 2.24) is 0 Å². The van der Waals surface area contributed by atoms with Gasteiger partial charge in [0.25, 0.3) is 0 Å². The number of halogens is 3. The minimum atomic E-state index is -0.129. The van der Waals surface area contributed by atoms with E-state index in [-0.39, 0.29) is 12.4 Å². The molecule has 1 aliphatic rings. The van der Waals surface area contributed by atoms with Crippen LogP contribution in [-0.4, -0.2) is 25.6 Å². The second-order valence-corrected chi connectivity index (χ2v) is 7.24. The zero-order valence-electron chi connectivity index (χ0n) is 13.8. The van der Waals surface area contributed by atoms with E-state index in [0.717, 1.165) is 17.5 Å². The van der Waals surface area contributed by atoms with Gasteiger partial charge in [0.15, 0.2) is 6.29 Å². The third kappa shape index (κ3) is 5.25. The van der Waals surface area contributed by atoms with Crippen molar-refractivity contribution in [2.75, 3.05) is 13.2 Å². The van der Waals surface area contributed by atoms with E-state index in [9.17, 15) is 0 Å². The van der Waals surface area contributed by atoms with Gasteiger partial charge < -0.3 is 14.2 Å². The van der Waals surface area contributed by atoms with Crippen LogP contribution in [0.2, 0.25) is 15.1 Å². The fourth-order valence-electron chi connectivity index (χ4n) is 2.71. The molecule has 134 valence electrons. The molecule has 0 aromatic heterocycles. The molecule has 2 aromatic carbocycles. The summed E-state index contributed by atoms with van der Waals surface area (Å²) in [5.74, 6) is 0.637. The predicted octanol–water partition coefficient (Wildman–Crippen LogP) is 5.77. The standard InChI is InChI=1S/C19H19Cl3O3/c1-2-19-24-11-16(25-19)10-23-18-4-3-12(8-17(18)22)5-13-6-14(20)9-15(21)7-13/h3-4,6-9,16,19H,2,5,10-11H2,1H3. The SMILES string of the molecule is CCC1OCC(COc2ccc(Cc3cc(Cl)cc(Cl)c3)cc2Cl)O1. The lowest BCUT2D eigenvalue weighted by Crippen LogP contribution is -2.20. The van der Waals surface area contributed by atoms with E-state index in [4.69, 9.17) is 49.0 Å². The molecule has 0 saturated carbocycles. The zero-order valence-corrected chi connectivity index (χ0v) is 16.1. The maximum atomic E-state index is 6.35. The summed E-state index contributed by atoms with van der Waals surface area (Å²) in [6, 6.07) is 11.3. The molecule has 1 aliphatic heterocycles. The molecule has 1 saturated heterocycles. The number of ether oxygens (including phenoxy) is 3. The van der Waals surface area contributed by atoms with Crippen molar-refractivity contribution in [2.24, 2.45) is 0 Å². The highest BCUT2D eigenvalue weighted by Gasteiger charge is 2.25. The molecule has 2 unspecified atom stereocenters. The summed E-state index contributed by atoms with van der Waals surface area (Å²) in [6.45, 7) is 2.99. The lowest BCUT2D eigenvalue weighted by atomic mass is 10.0. The van der Waals surface area contributed by atoms with Crippen LogP contribution in [0.4, 0.5) is 0 Å². The van der Waals surface area contributed by atoms with E-state index >= 15 is 0 Å². The molecule has 2 atom stereocenters. The van der Waals surface area contributed by atoms with Crippen LogP contribution < -0.4 is 4.74 Å². The van der Waals surface area contributed by atoms with Crippen molar-refractivity contribution in [1.29, 1.82) is 0 Å². The topological polar surface area (TPSA) is 27.7 Å². The van der Waals surface area contributed by atoms with Gasteiger partial charge >= 0.3 is 0 Å². The Kier molecular flexibility index (Phi) is 6.48. The molecular formula is C19H19Cl3O3. The molecule has 1 heterocycles. The maximum Gasteiger partial charge on any atom is 0.158 e. The molecule has 0 bridgehead atoms. The van der Waals surface area contributed by atoms with Crippen LogP contribution in [0.15, 0.2) is 36.4 Å². The van der Waals surface area contributed by atoms with Crippen LogP contribution in [0, 0.1) is 0 Å². The van der Waals surface area contributed by atoms with Gasteiger partial charge in [0, 0.05) is 10.0 Å². The van der Waals surface area contributed by atoms with E-state index in [1.165, 1.54) is 0 Å². The molecule has 2 aromatic rings. The minimum Gasteiger partial charge on any atom is -0.489 e. The lowest BCUT2D eigenvalue weighted by molar-refractivity contribution is -0.0642. The number of rotatable bonds is 6. The van der Waals surface area contributed by atoms with E-state index < -0.39 is 0 Å². The average Bonchev–Trinajstić information content (AvgIpc) is 3.01. The quantitative estimate of drug-likeness (QED) is 0.615. The highest BCUT2D eigenvalue weighted by atomic mass is 35.5. The van der Waals surface area contributed by atoms with Crippen LogP contribution in [0.1, 0.15) is 24.5 Å². The van der Waals surface area contributed by atoms with Gasteiger partial charge in [-0.2, -0.15) is 0 Å². The molecule has 0 N–H and O–H groups in total. The molecule has 1 fully saturated rings. The second-order valence-electron chi connectivity index (χ2n) is 5.96. The highest BCUT2D eigenvalue weighted by Crippen LogP contribution is 2.28. The molecule has 0 amide bonds. The van der Waals surface area contributed by atoms with E-state index in [0.29, 0.717) is 40.5 Å². The summed E-state index contributed by atoms with van der Waals surface area (Å²) in [6.07, 6.45) is 1.34. The summed E-state index contributed by atoms with van der Waals surface area (Å²) >= 11 is 18.4. The fraction of sp³-hybridized carbons (Fsp3) is 0.368. The van der Waals surface area contributed by atoms with Crippen molar-refractivity contribution in [3.63, 3.8) is 0 Å². The van der Waals surface area contributed by atoms with Gasteiger partial charge in [0.1, 0.15) is 18.5 Å². The first-order chi connectivity index (χ1) is 12.0. The highest BCUT2D eigenvalue weighted by molar-refractivity contribution is 6.34. The molecular weight excluding hydrogens is 383 g/mol. The Morgan fingerprint density at radius 1 is 1.04 bits per heavy atom. The first-order valence-electron chi connectivity index (χ1n) is 8.16. The summed E-state index contributed by atoms with van der Waals surface area (Å²) in [5, 5.41) is 1.81. The summed E-state index contributed by atoms with van der Waals surface area (Å²) in [5.41, 5.74) is 2.09. The first-order valence-corrected chi connectivity index (χ1v) is 9.30. The van der Waals surface area contributed by atoms with Crippen molar-refractivity contribution in [2.45, 2.75) is 32.2 Å². The molecule has 0 aliphatic carbocycles. The number of hydrogen-bond acceptors (Lipinski definition) is 3. The third-order valence-corrected chi connectivity index (χ3v) is 4.63. The lowest BCUT2D eigenvalue weighted by Gasteiger charge is -2.13.